The maximum atomic E-state index is 8.47. The van der Waals surface area contributed by atoms with Crippen LogP contribution in [-0.2, 0) is 0 Å². The van der Waals surface area contributed by atoms with Gasteiger partial charge in [-0.15, -0.1) is 0 Å². The summed E-state index contributed by atoms with van der Waals surface area (Å²) in [5.41, 5.74) is 0.792. The molecule has 0 amide bonds. The molecule has 0 fully saturated rings. The molecule has 0 aliphatic carbocycles. The molecule has 0 atom stereocenters. The molecule has 0 rings (SSSR count). The summed E-state index contributed by atoms with van der Waals surface area (Å²) in [6.07, 6.45) is 4.93. The van der Waals surface area contributed by atoms with E-state index in [9.17, 15) is 0 Å². The lowest BCUT2D eigenvalue weighted by Gasteiger charge is -1.88. The van der Waals surface area contributed by atoms with Crippen LogP contribution in [0.25, 0.3) is 0 Å². The van der Waals surface area contributed by atoms with Gasteiger partial charge in [0.05, 0.1) is 6.61 Å². The molecule has 0 aliphatic heterocycles. The van der Waals surface area contributed by atoms with Crippen LogP contribution in [0.5, 0.6) is 0 Å². The van der Waals surface area contributed by atoms with Gasteiger partial charge in [0.1, 0.15) is 0 Å². The van der Waals surface area contributed by atoms with Gasteiger partial charge in [-0.25, -0.2) is 0 Å². The van der Waals surface area contributed by atoms with Crippen molar-refractivity contribution < 1.29 is 9.81 Å². The largest absolute Gasteiger partial charge is 0.392 e. The van der Waals surface area contributed by atoms with Crippen LogP contribution in [0, 0.1) is 0 Å². The minimum Gasteiger partial charge on any atom is -0.392 e. The lowest BCUT2D eigenvalue weighted by atomic mass is 10.2. The van der Waals surface area contributed by atoms with Gasteiger partial charge in [0.2, 0.25) is 0 Å². The van der Waals surface area contributed by atoms with E-state index < -0.39 is 0 Å². The Morgan fingerprint density at radius 2 is 2.00 bits per heavy atom. The molecule has 0 aromatic rings. The SMILES string of the molecule is C=C/C=C(\C=C)CO.F. The van der Waals surface area contributed by atoms with Gasteiger partial charge in [0.15, 0.2) is 0 Å². The van der Waals surface area contributed by atoms with Gasteiger partial charge in [0, 0.05) is 0 Å². The van der Waals surface area contributed by atoms with E-state index in [1.807, 2.05) is 0 Å². The Hall–Kier alpha value is -0.890. The van der Waals surface area contributed by atoms with Crippen molar-refractivity contribution in [3.05, 3.63) is 37.0 Å². The first kappa shape index (κ1) is 11.0. The number of aliphatic hydroxyl groups is 1. The van der Waals surface area contributed by atoms with Crippen molar-refractivity contribution in [1.82, 2.24) is 0 Å². The first-order valence-corrected chi connectivity index (χ1v) is 2.40. The second-order valence-corrected chi connectivity index (χ2v) is 1.34. The fourth-order valence-corrected chi connectivity index (χ4v) is 0.337. The van der Waals surface area contributed by atoms with Crippen LogP contribution in [0.1, 0.15) is 0 Å². The molecule has 0 spiro atoms. The molecule has 0 radical (unpaired) electrons. The van der Waals surface area contributed by atoms with Gasteiger partial charge in [-0.1, -0.05) is 31.4 Å². The number of hydrogen-bond donors (Lipinski definition) is 1. The highest BCUT2D eigenvalue weighted by molar-refractivity contribution is 5.20. The molecular weight excluding hydrogens is 119 g/mol. The second-order valence-electron chi connectivity index (χ2n) is 1.34. The van der Waals surface area contributed by atoms with E-state index in [1.54, 1.807) is 18.2 Å². The first-order chi connectivity index (χ1) is 3.85. The van der Waals surface area contributed by atoms with Gasteiger partial charge in [0.25, 0.3) is 0 Å². The van der Waals surface area contributed by atoms with Crippen LogP contribution >= 0.6 is 0 Å². The zero-order valence-electron chi connectivity index (χ0n) is 5.21. The summed E-state index contributed by atoms with van der Waals surface area (Å²) < 4.78 is 0. The van der Waals surface area contributed by atoms with E-state index in [4.69, 9.17) is 5.11 Å². The molecule has 0 aromatic carbocycles. The number of allylic oxidation sites excluding steroid dienone is 2. The lowest BCUT2D eigenvalue weighted by molar-refractivity contribution is 0.335. The average molecular weight is 130 g/mol. The van der Waals surface area contributed by atoms with E-state index in [1.165, 1.54) is 0 Å². The van der Waals surface area contributed by atoms with E-state index in [2.05, 4.69) is 13.2 Å². The Morgan fingerprint density at radius 3 is 2.11 bits per heavy atom. The predicted octanol–water partition coefficient (Wildman–Crippen LogP) is 1.43. The summed E-state index contributed by atoms with van der Waals surface area (Å²) in [7, 11) is 0. The molecule has 0 bridgehead atoms. The molecule has 0 aromatic heterocycles. The van der Waals surface area contributed by atoms with Crippen molar-refractivity contribution in [2.45, 2.75) is 0 Å². The molecule has 0 saturated heterocycles. The molecule has 1 nitrogen and oxygen atoms in total. The first-order valence-electron chi connectivity index (χ1n) is 2.40. The molecule has 9 heavy (non-hydrogen) atoms. The number of rotatable bonds is 3. The number of aliphatic hydroxyl groups excluding tert-OH is 1. The minimum atomic E-state index is 0. The van der Waals surface area contributed by atoms with Crippen LogP contribution in [0.4, 0.5) is 4.70 Å². The number of halogens is 1. The van der Waals surface area contributed by atoms with Crippen LogP contribution in [0.2, 0.25) is 0 Å². The lowest BCUT2D eigenvalue weighted by Crippen LogP contribution is -1.82. The monoisotopic (exact) mass is 130 g/mol. The molecule has 0 aliphatic rings. The van der Waals surface area contributed by atoms with Gasteiger partial charge >= 0.3 is 0 Å². The Kier molecular flexibility index (Phi) is 8.68. The van der Waals surface area contributed by atoms with Crippen molar-refractivity contribution in [3.8, 4) is 0 Å². The number of hydrogen-bond acceptors (Lipinski definition) is 1. The topological polar surface area (TPSA) is 20.2 Å². The van der Waals surface area contributed by atoms with Crippen LogP contribution in [0.15, 0.2) is 37.0 Å². The van der Waals surface area contributed by atoms with E-state index >= 15 is 0 Å². The second kappa shape index (κ2) is 7.11. The summed E-state index contributed by atoms with van der Waals surface area (Å²) in [6.45, 7) is 6.97. The van der Waals surface area contributed by atoms with Gasteiger partial charge < -0.3 is 5.11 Å². The highest BCUT2D eigenvalue weighted by Crippen LogP contribution is 1.91. The molecule has 0 heterocycles. The predicted molar refractivity (Wildman–Crippen MR) is 38.1 cm³/mol. The van der Waals surface area contributed by atoms with Crippen LogP contribution in [0.3, 0.4) is 0 Å². The van der Waals surface area contributed by atoms with Crippen molar-refractivity contribution in [1.29, 1.82) is 0 Å². The van der Waals surface area contributed by atoms with Crippen molar-refractivity contribution in [2.75, 3.05) is 6.61 Å². The van der Waals surface area contributed by atoms with E-state index in [0.29, 0.717) is 0 Å². The maximum absolute atomic E-state index is 8.47. The van der Waals surface area contributed by atoms with Gasteiger partial charge in [-0.3, -0.25) is 4.70 Å². The summed E-state index contributed by atoms with van der Waals surface area (Å²) in [6, 6.07) is 0. The molecule has 0 unspecified atom stereocenters. The third-order valence-electron chi connectivity index (χ3n) is 0.777. The Labute approximate surface area is 54.4 Å². The van der Waals surface area contributed by atoms with Crippen molar-refractivity contribution >= 4 is 0 Å². The minimum absolute atomic E-state index is 0. The molecule has 2 heteroatoms. The third kappa shape index (κ3) is 4.97. The third-order valence-corrected chi connectivity index (χ3v) is 0.777. The molecule has 1 N–H and O–H groups in total. The summed E-state index contributed by atoms with van der Waals surface area (Å²) in [5, 5.41) is 8.47. The van der Waals surface area contributed by atoms with Gasteiger partial charge in [-0.2, -0.15) is 0 Å². The maximum Gasteiger partial charge on any atom is 0.0681 e. The summed E-state index contributed by atoms with van der Waals surface area (Å²) >= 11 is 0. The smallest absolute Gasteiger partial charge is 0.0681 e. The van der Waals surface area contributed by atoms with E-state index in [-0.39, 0.29) is 11.3 Å². The zero-order chi connectivity index (χ0) is 6.41. The fraction of sp³-hybridized carbons (Fsp3) is 0.143. The quantitative estimate of drug-likeness (QED) is 0.573. The van der Waals surface area contributed by atoms with Crippen LogP contribution in [-0.4, -0.2) is 11.7 Å². The highest BCUT2D eigenvalue weighted by Gasteiger charge is 1.80. The Balaban J connectivity index is 0. The zero-order valence-corrected chi connectivity index (χ0v) is 5.21. The molecule has 52 valence electrons. The van der Waals surface area contributed by atoms with Crippen LogP contribution < -0.4 is 0 Å². The highest BCUT2D eigenvalue weighted by atomic mass is 19.0. The normalized spacial score (nSPS) is 9.67. The Morgan fingerprint density at radius 1 is 1.44 bits per heavy atom. The van der Waals surface area contributed by atoms with Crippen molar-refractivity contribution in [3.63, 3.8) is 0 Å². The summed E-state index contributed by atoms with van der Waals surface area (Å²) in [5.74, 6) is 0. The molecular formula is C7H11FO. The average Bonchev–Trinajstić information content (AvgIpc) is 1.83. The van der Waals surface area contributed by atoms with E-state index in [0.717, 1.165) is 5.57 Å². The Bertz CT molecular complexity index is 116. The summed E-state index contributed by atoms with van der Waals surface area (Å²) in [4.78, 5) is 0. The van der Waals surface area contributed by atoms with Gasteiger partial charge in [-0.05, 0) is 5.57 Å². The standard InChI is InChI=1S/C7H10O.FH/c1-3-5-7(4-2)6-8;/h3-5,8H,1-2,6H2;1H/b7-5+;. The molecule has 0 saturated carbocycles. The fourth-order valence-electron chi connectivity index (χ4n) is 0.337. The van der Waals surface area contributed by atoms with Crippen molar-refractivity contribution in [2.24, 2.45) is 0 Å².